The van der Waals surface area contributed by atoms with Gasteiger partial charge in [0, 0.05) is 25.1 Å². The van der Waals surface area contributed by atoms with Crippen molar-refractivity contribution in [1.29, 1.82) is 0 Å². The molecule has 0 amide bonds. The fraction of sp³-hybridized carbons (Fsp3) is 0.375. The lowest BCUT2D eigenvalue weighted by Gasteiger charge is -2.23. The molecule has 7 heteroatoms. The molecule has 1 saturated heterocycles. The quantitative estimate of drug-likeness (QED) is 0.652. The van der Waals surface area contributed by atoms with Gasteiger partial charge in [-0.15, -0.1) is 0 Å². The van der Waals surface area contributed by atoms with Gasteiger partial charge in [-0.05, 0) is 34.8 Å². The van der Waals surface area contributed by atoms with E-state index in [-0.39, 0.29) is 17.5 Å². The van der Waals surface area contributed by atoms with E-state index in [2.05, 4.69) is 20.9 Å². The van der Waals surface area contributed by atoms with E-state index in [0.29, 0.717) is 16.6 Å². The molecule has 0 spiro atoms. The number of nitrogens with zero attached hydrogens (tertiary/aromatic N) is 3. The molecule has 0 radical (unpaired) electrons. The predicted octanol–water partition coefficient (Wildman–Crippen LogP) is 3.14. The van der Waals surface area contributed by atoms with E-state index in [0.717, 1.165) is 35.9 Å². The van der Waals surface area contributed by atoms with E-state index < -0.39 is 0 Å². The molecule has 0 aliphatic carbocycles. The summed E-state index contributed by atoms with van der Waals surface area (Å²) >= 11 is 3.23. The van der Waals surface area contributed by atoms with Crippen molar-refractivity contribution < 1.29 is 9.13 Å². The van der Waals surface area contributed by atoms with Gasteiger partial charge < -0.3 is 4.74 Å². The van der Waals surface area contributed by atoms with Gasteiger partial charge >= 0.3 is 5.69 Å². The fourth-order valence-corrected chi connectivity index (χ4v) is 3.63. The number of benzene rings is 1. The van der Waals surface area contributed by atoms with Crippen LogP contribution in [-0.2, 0) is 11.8 Å². The van der Waals surface area contributed by atoms with Crippen molar-refractivity contribution in [3.63, 3.8) is 0 Å². The number of hydrogen-bond acceptors (Lipinski definition) is 3. The third-order valence-electron chi connectivity index (χ3n) is 4.46. The Kier molecular flexibility index (Phi) is 3.50. The van der Waals surface area contributed by atoms with Crippen LogP contribution in [0.3, 0.4) is 0 Å². The van der Waals surface area contributed by atoms with Crippen molar-refractivity contribution in [3.05, 3.63) is 39.1 Å². The van der Waals surface area contributed by atoms with Crippen LogP contribution in [0.1, 0.15) is 18.9 Å². The maximum atomic E-state index is 13.8. The number of fused-ring (bicyclic) bond motifs is 3. The minimum absolute atomic E-state index is 0.00521. The van der Waals surface area contributed by atoms with Crippen LogP contribution in [0, 0.1) is 5.82 Å². The van der Waals surface area contributed by atoms with Gasteiger partial charge in [0.25, 0.3) is 0 Å². The SMILES string of the molecule is Cn1c(=O)n([C@@H]2CCCOC2)c2c3cc(Br)c(F)cc3ncc21. The molecule has 1 aliphatic rings. The summed E-state index contributed by atoms with van der Waals surface area (Å²) in [7, 11) is 1.73. The van der Waals surface area contributed by atoms with Crippen molar-refractivity contribution in [2.24, 2.45) is 7.05 Å². The Bertz CT molecular complexity index is 973. The van der Waals surface area contributed by atoms with Gasteiger partial charge in [0.15, 0.2) is 0 Å². The van der Waals surface area contributed by atoms with Crippen LogP contribution in [0.15, 0.2) is 27.6 Å². The maximum absolute atomic E-state index is 13.8. The average molecular weight is 380 g/mol. The molecule has 0 N–H and O–H groups in total. The molecule has 1 fully saturated rings. The Morgan fingerprint density at radius 1 is 1.43 bits per heavy atom. The summed E-state index contributed by atoms with van der Waals surface area (Å²) < 4.78 is 23.1. The molecule has 3 aromatic rings. The summed E-state index contributed by atoms with van der Waals surface area (Å²) in [4.78, 5) is 17.0. The van der Waals surface area contributed by atoms with E-state index in [4.69, 9.17) is 4.74 Å². The first-order chi connectivity index (χ1) is 11.1. The number of aromatic nitrogens is 3. The second kappa shape index (κ2) is 5.42. The van der Waals surface area contributed by atoms with Crippen LogP contribution in [0.4, 0.5) is 4.39 Å². The molecule has 0 saturated carbocycles. The second-order valence-electron chi connectivity index (χ2n) is 5.86. The minimum Gasteiger partial charge on any atom is -0.379 e. The average Bonchev–Trinajstić information content (AvgIpc) is 2.81. The second-order valence-corrected chi connectivity index (χ2v) is 6.71. The highest BCUT2D eigenvalue weighted by atomic mass is 79.9. The van der Waals surface area contributed by atoms with Gasteiger partial charge in [0.1, 0.15) is 5.82 Å². The molecule has 1 aliphatic heterocycles. The number of ether oxygens (including phenoxy) is 1. The smallest absolute Gasteiger partial charge is 0.329 e. The van der Waals surface area contributed by atoms with Crippen LogP contribution >= 0.6 is 15.9 Å². The normalized spacial score (nSPS) is 18.8. The Morgan fingerprint density at radius 2 is 2.26 bits per heavy atom. The molecule has 120 valence electrons. The van der Waals surface area contributed by atoms with E-state index in [1.165, 1.54) is 6.07 Å². The highest BCUT2D eigenvalue weighted by Gasteiger charge is 2.24. The number of hydrogen-bond donors (Lipinski definition) is 0. The van der Waals surface area contributed by atoms with Crippen molar-refractivity contribution in [2.45, 2.75) is 18.9 Å². The zero-order valence-electron chi connectivity index (χ0n) is 12.6. The van der Waals surface area contributed by atoms with Gasteiger partial charge in [-0.3, -0.25) is 14.1 Å². The number of pyridine rings is 1. The zero-order chi connectivity index (χ0) is 16.1. The van der Waals surface area contributed by atoms with E-state index >= 15 is 0 Å². The Labute approximate surface area is 139 Å². The molecule has 23 heavy (non-hydrogen) atoms. The van der Waals surface area contributed by atoms with Crippen LogP contribution in [0.25, 0.3) is 21.9 Å². The number of imidazole rings is 1. The van der Waals surface area contributed by atoms with Crippen molar-refractivity contribution in [2.75, 3.05) is 13.2 Å². The molecule has 1 aromatic carbocycles. The molecule has 3 heterocycles. The highest BCUT2D eigenvalue weighted by Crippen LogP contribution is 2.30. The first-order valence-electron chi connectivity index (χ1n) is 7.50. The van der Waals surface area contributed by atoms with Gasteiger partial charge in [0.05, 0.1) is 39.9 Å². The fourth-order valence-electron chi connectivity index (χ4n) is 3.29. The lowest BCUT2D eigenvalue weighted by molar-refractivity contribution is 0.0593. The summed E-state index contributed by atoms with van der Waals surface area (Å²) in [5, 5.41) is 0.763. The standard InChI is InChI=1S/C16H15BrFN3O2/c1-20-14-7-19-13-6-12(18)11(17)5-10(13)15(14)21(16(20)22)9-3-2-4-23-8-9/h5-7,9H,2-4,8H2,1H3/t9-/m1/s1. The molecular formula is C16H15BrFN3O2. The lowest BCUT2D eigenvalue weighted by atomic mass is 10.1. The summed E-state index contributed by atoms with van der Waals surface area (Å²) in [6.07, 6.45) is 3.45. The molecule has 0 bridgehead atoms. The topological polar surface area (TPSA) is 49.0 Å². The van der Waals surface area contributed by atoms with Gasteiger partial charge in [-0.2, -0.15) is 0 Å². The Morgan fingerprint density at radius 3 is 3.00 bits per heavy atom. The van der Waals surface area contributed by atoms with E-state index in [1.807, 2.05) is 0 Å². The largest absolute Gasteiger partial charge is 0.379 e. The van der Waals surface area contributed by atoms with Crippen LogP contribution in [-0.4, -0.2) is 27.3 Å². The molecular weight excluding hydrogens is 365 g/mol. The Hall–Kier alpha value is -1.73. The van der Waals surface area contributed by atoms with Crippen molar-refractivity contribution >= 4 is 37.9 Å². The van der Waals surface area contributed by atoms with Crippen LogP contribution in [0.5, 0.6) is 0 Å². The highest BCUT2D eigenvalue weighted by molar-refractivity contribution is 9.10. The van der Waals surface area contributed by atoms with Crippen molar-refractivity contribution in [1.82, 2.24) is 14.1 Å². The first-order valence-corrected chi connectivity index (χ1v) is 8.29. The molecule has 2 aromatic heterocycles. The van der Waals surface area contributed by atoms with E-state index in [1.54, 1.807) is 28.4 Å². The van der Waals surface area contributed by atoms with Gasteiger partial charge in [-0.1, -0.05) is 0 Å². The number of halogens is 2. The molecule has 5 nitrogen and oxygen atoms in total. The van der Waals surface area contributed by atoms with E-state index in [9.17, 15) is 9.18 Å². The molecule has 1 atom stereocenters. The molecule has 4 rings (SSSR count). The first kappa shape index (κ1) is 14.8. The summed E-state index contributed by atoms with van der Waals surface area (Å²) in [6.45, 7) is 1.25. The van der Waals surface area contributed by atoms with Crippen molar-refractivity contribution in [3.8, 4) is 0 Å². The molecule has 0 unspecified atom stereocenters. The summed E-state index contributed by atoms with van der Waals surface area (Å²) in [5.41, 5.74) is 1.98. The minimum atomic E-state index is -0.366. The maximum Gasteiger partial charge on any atom is 0.329 e. The lowest BCUT2D eigenvalue weighted by Crippen LogP contribution is -2.31. The monoisotopic (exact) mass is 379 g/mol. The van der Waals surface area contributed by atoms with Gasteiger partial charge in [-0.25, -0.2) is 9.18 Å². The summed E-state index contributed by atoms with van der Waals surface area (Å²) in [6, 6.07) is 3.08. The third kappa shape index (κ3) is 2.21. The Balaban J connectivity index is 2.11. The predicted molar refractivity (Wildman–Crippen MR) is 89.2 cm³/mol. The van der Waals surface area contributed by atoms with Crippen LogP contribution < -0.4 is 5.69 Å². The van der Waals surface area contributed by atoms with Gasteiger partial charge in [0.2, 0.25) is 0 Å². The zero-order valence-corrected chi connectivity index (χ0v) is 14.1. The van der Waals surface area contributed by atoms with Crippen LogP contribution in [0.2, 0.25) is 0 Å². The number of aryl methyl sites for hydroxylation is 1. The third-order valence-corrected chi connectivity index (χ3v) is 5.07. The number of rotatable bonds is 1. The summed E-state index contributed by atoms with van der Waals surface area (Å²) in [5.74, 6) is -0.366.